The third kappa shape index (κ3) is 3.73. The molecule has 0 amide bonds. The van der Waals surface area contributed by atoms with E-state index >= 15 is 0 Å². The largest absolute Gasteiger partial charge is 0.487 e. The summed E-state index contributed by atoms with van der Waals surface area (Å²) in [6.07, 6.45) is 0. The average molecular weight is 689 g/mol. The summed E-state index contributed by atoms with van der Waals surface area (Å²) in [6, 6.07) is 66.5. The van der Waals surface area contributed by atoms with E-state index in [2.05, 4.69) is 183 Å². The van der Waals surface area contributed by atoms with Crippen LogP contribution < -0.4 is 5.01 Å². The van der Waals surface area contributed by atoms with Gasteiger partial charge in [0.15, 0.2) is 0 Å². The molecular formula is C52H36N2. The van der Waals surface area contributed by atoms with Crippen LogP contribution in [0.2, 0.25) is 0 Å². The first-order chi connectivity index (χ1) is 26.8. The second kappa shape index (κ2) is 11.0. The van der Waals surface area contributed by atoms with E-state index in [0.29, 0.717) is 0 Å². The lowest BCUT2D eigenvalue weighted by atomic mass is 9.68. The summed E-state index contributed by atoms with van der Waals surface area (Å²) in [7, 11) is 0. The first kappa shape index (κ1) is 30.0. The van der Waals surface area contributed by atoms with Gasteiger partial charge < -0.3 is 10.4 Å². The van der Waals surface area contributed by atoms with E-state index in [1.54, 1.807) is 0 Å². The molecule has 0 fully saturated rings. The molecule has 2 atom stereocenters. The van der Waals surface area contributed by atoms with Gasteiger partial charge in [-0.2, -0.15) is 0 Å². The number of hydrogen-bond acceptors (Lipinski definition) is 0. The van der Waals surface area contributed by atoms with E-state index in [4.69, 9.17) is 5.43 Å². The highest BCUT2D eigenvalue weighted by atomic mass is 15.5. The minimum atomic E-state index is -0.477. The third-order valence-corrected chi connectivity index (χ3v) is 12.7. The third-order valence-electron chi connectivity index (χ3n) is 12.7. The molecule has 1 heterocycles. The second-order valence-electron chi connectivity index (χ2n) is 15.1. The molecular weight excluding hydrogens is 653 g/mol. The van der Waals surface area contributed by atoms with Crippen molar-refractivity contribution in [3.05, 3.63) is 215 Å². The summed E-state index contributed by atoms with van der Waals surface area (Å²) in [6.45, 7) is 3.16. The van der Waals surface area contributed by atoms with Gasteiger partial charge in [0.2, 0.25) is 0 Å². The molecule has 2 aliphatic carbocycles. The fraction of sp³-hybridized carbons (Fsp3) is 0.0769. The highest BCUT2D eigenvalue weighted by molar-refractivity contribution is 6.22. The van der Waals surface area contributed by atoms with E-state index < -0.39 is 5.41 Å². The van der Waals surface area contributed by atoms with E-state index in [-0.39, 0.29) is 6.04 Å². The first-order valence-electron chi connectivity index (χ1n) is 19.2. The van der Waals surface area contributed by atoms with Gasteiger partial charge in [0.25, 0.3) is 0 Å². The van der Waals surface area contributed by atoms with Crippen LogP contribution in [0.5, 0.6) is 0 Å². The molecule has 9 aromatic rings. The van der Waals surface area contributed by atoms with E-state index in [0.717, 1.165) is 12.2 Å². The maximum Gasteiger partial charge on any atom is 0.133 e. The predicted octanol–water partition coefficient (Wildman–Crippen LogP) is 12.1. The Bertz CT molecular complexity index is 2980. The van der Waals surface area contributed by atoms with Crippen LogP contribution in [-0.4, -0.2) is 6.54 Å². The summed E-state index contributed by atoms with van der Waals surface area (Å²) >= 11 is 0. The Kier molecular flexibility index (Phi) is 6.13. The average Bonchev–Trinajstić information content (AvgIpc) is 3.88. The Balaban J connectivity index is 1.19. The Labute approximate surface area is 314 Å². The summed E-state index contributed by atoms with van der Waals surface area (Å²) in [5.41, 5.74) is 21.7. The van der Waals surface area contributed by atoms with Crippen molar-refractivity contribution in [2.24, 2.45) is 0 Å². The van der Waals surface area contributed by atoms with Crippen LogP contribution in [0.25, 0.3) is 71.1 Å². The standard InChI is InChI=1S/C52H36N2/c1-2-54-51(42-23-11-14-26-47(42)53-54)33-29-27-32(28-30-33)43-31-44-48-39-20-6-3-15-34(39)35-16-4-8-22-41(35)50(48)52(49(44)40-21-7-5-17-36(40)43)45-24-12-9-18-37(45)38-19-10-13-25-46(38)52/h3-31,51,54H,2H2,1H3. The molecule has 0 aromatic heterocycles. The Morgan fingerprint density at radius 1 is 0.481 bits per heavy atom. The zero-order chi connectivity index (χ0) is 35.5. The molecule has 2 heteroatoms. The SMILES string of the molecule is CC[NH+]1[N-]c2ccccc2C1c1ccc(-c2cc3c(c4ccccc24)C2(c4ccccc4-c4ccccc42)c2c-3c3ccccc3c3ccccc23)cc1. The minimum Gasteiger partial charge on any atom is -0.487 e. The second-order valence-corrected chi connectivity index (χ2v) is 15.1. The molecule has 12 rings (SSSR count). The van der Waals surface area contributed by atoms with Gasteiger partial charge in [0.05, 0.1) is 12.0 Å². The van der Waals surface area contributed by atoms with Crippen LogP contribution in [0, 0.1) is 0 Å². The zero-order valence-corrected chi connectivity index (χ0v) is 30.0. The molecule has 1 spiro atoms. The van der Waals surface area contributed by atoms with Crippen molar-refractivity contribution < 1.29 is 5.01 Å². The first-order valence-corrected chi connectivity index (χ1v) is 19.2. The molecule has 9 aromatic carbocycles. The van der Waals surface area contributed by atoms with Gasteiger partial charge >= 0.3 is 0 Å². The van der Waals surface area contributed by atoms with E-state index in [1.165, 1.54) is 104 Å². The van der Waals surface area contributed by atoms with Gasteiger partial charge in [-0.1, -0.05) is 176 Å². The van der Waals surface area contributed by atoms with Crippen molar-refractivity contribution in [1.82, 2.24) is 0 Å². The molecule has 0 bridgehead atoms. The van der Waals surface area contributed by atoms with Crippen molar-refractivity contribution in [1.29, 1.82) is 0 Å². The van der Waals surface area contributed by atoms with E-state index in [9.17, 15) is 0 Å². The molecule has 3 aliphatic rings. The normalized spacial score (nSPS) is 17.0. The molecule has 1 N–H and O–H groups in total. The maximum atomic E-state index is 5.04. The quantitative estimate of drug-likeness (QED) is 0.178. The Morgan fingerprint density at radius 3 is 1.70 bits per heavy atom. The monoisotopic (exact) mass is 688 g/mol. The van der Waals surface area contributed by atoms with Gasteiger partial charge in [-0.25, -0.2) is 0 Å². The number of fused-ring (bicyclic) bond motifs is 18. The van der Waals surface area contributed by atoms with Crippen molar-refractivity contribution in [3.63, 3.8) is 0 Å². The van der Waals surface area contributed by atoms with Crippen LogP contribution in [0.4, 0.5) is 5.69 Å². The van der Waals surface area contributed by atoms with Crippen LogP contribution in [0.3, 0.4) is 0 Å². The van der Waals surface area contributed by atoms with Gasteiger partial charge in [-0.05, 0) is 101 Å². The van der Waals surface area contributed by atoms with E-state index in [1.807, 2.05) is 0 Å². The number of nitrogens with zero attached hydrogens (tertiary/aromatic N) is 1. The fourth-order valence-corrected chi connectivity index (χ4v) is 10.7. The van der Waals surface area contributed by atoms with Gasteiger partial charge in [0.1, 0.15) is 6.04 Å². The summed E-state index contributed by atoms with van der Waals surface area (Å²) in [5, 5.41) is 9.10. The van der Waals surface area contributed by atoms with Crippen molar-refractivity contribution in [2.75, 3.05) is 6.54 Å². The summed E-state index contributed by atoms with van der Waals surface area (Å²) in [4.78, 5) is 0. The lowest BCUT2D eigenvalue weighted by Crippen LogP contribution is -3.06. The van der Waals surface area contributed by atoms with Crippen molar-refractivity contribution in [3.8, 4) is 33.4 Å². The van der Waals surface area contributed by atoms with Crippen molar-refractivity contribution >= 4 is 38.0 Å². The van der Waals surface area contributed by atoms with Crippen LogP contribution in [-0.2, 0) is 5.41 Å². The number of para-hydroxylation sites is 1. The molecule has 2 unspecified atom stereocenters. The molecule has 0 radical (unpaired) electrons. The number of quaternary nitrogens is 1. The maximum absolute atomic E-state index is 5.04. The number of hydrogen-bond donors (Lipinski definition) is 1. The number of rotatable bonds is 3. The van der Waals surface area contributed by atoms with Gasteiger partial charge in [0, 0.05) is 11.1 Å². The van der Waals surface area contributed by atoms with Crippen LogP contribution in [0.15, 0.2) is 176 Å². The molecule has 0 saturated heterocycles. The summed E-state index contributed by atoms with van der Waals surface area (Å²) in [5.74, 6) is 0. The molecule has 254 valence electrons. The van der Waals surface area contributed by atoms with Gasteiger partial charge in [-0.15, -0.1) is 0 Å². The molecule has 54 heavy (non-hydrogen) atoms. The van der Waals surface area contributed by atoms with Gasteiger partial charge in [-0.3, -0.25) is 0 Å². The lowest BCUT2D eigenvalue weighted by Gasteiger charge is -2.33. The predicted molar refractivity (Wildman–Crippen MR) is 224 cm³/mol. The van der Waals surface area contributed by atoms with Crippen molar-refractivity contribution in [2.45, 2.75) is 18.4 Å². The van der Waals surface area contributed by atoms with Crippen LogP contribution >= 0.6 is 0 Å². The molecule has 1 aliphatic heterocycles. The Morgan fingerprint density at radius 2 is 1.02 bits per heavy atom. The molecule has 2 nitrogen and oxygen atoms in total. The Hall–Kier alpha value is -6.48. The fourth-order valence-electron chi connectivity index (χ4n) is 10.7. The number of nitrogens with one attached hydrogen (secondary N) is 1. The zero-order valence-electron chi connectivity index (χ0n) is 30.0. The highest BCUT2D eigenvalue weighted by Gasteiger charge is 2.54. The minimum absolute atomic E-state index is 0.200. The smallest absolute Gasteiger partial charge is 0.133 e. The lowest BCUT2D eigenvalue weighted by molar-refractivity contribution is -0.878. The van der Waals surface area contributed by atoms with Crippen LogP contribution in [0.1, 0.15) is 46.3 Å². The molecule has 0 saturated carbocycles. The highest BCUT2D eigenvalue weighted by Crippen LogP contribution is 2.67. The number of benzene rings is 9. The summed E-state index contributed by atoms with van der Waals surface area (Å²) < 4.78 is 0. The topological polar surface area (TPSA) is 18.5 Å².